The summed E-state index contributed by atoms with van der Waals surface area (Å²) in [5, 5.41) is 0. The van der Waals surface area contributed by atoms with Crippen molar-refractivity contribution in [2.75, 3.05) is 0 Å². The molecule has 0 amide bonds. The Morgan fingerprint density at radius 2 is 1.78 bits per heavy atom. The second-order valence-corrected chi connectivity index (χ2v) is 3.44. The Balaban J connectivity index is 2.85. The van der Waals surface area contributed by atoms with E-state index in [0.29, 0.717) is 0 Å². The van der Waals surface area contributed by atoms with Crippen LogP contribution in [0.15, 0.2) is 30.3 Å². The fourth-order valence-corrected chi connectivity index (χ4v) is 1.14. The molecular formula is C7H9NTe. The zero-order valence-electron chi connectivity index (χ0n) is 4.99. The normalized spacial score (nSPS) is 13.1. The van der Waals surface area contributed by atoms with Gasteiger partial charge in [-0.05, 0) is 0 Å². The zero-order chi connectivity index (χ0) is 6.69. The standard InChI is InChI=1S/C7H9NTe/c8-7(9)6-4-2-1-3-5-6/h1-5,7,9H,8H2. The van der Waals surface area contributed by atoms with Crippen LogP contribution in [-0.2, 0) is 0 Å². The molecule has 0 saturated heterocycles. The summed E-state index contributed by atoms with van der Waals surface area (Å²) >= 11 is 1.64. The summed E-state index contributed by atoms with van der Waals surface area (Å²) in [5.41, 5.74) is 6.85. The Morgan fingerprint density at radius 3 is 2.11 bits per heavy atom. The van der Waals surface area contributed by atoms with Crippen LogP contribution in [0.25, 0.3) is 0 Å². The fraction of sp³-hybridized carbons (Fsp3) is 0.143. The van der Waals surface area contributed by atoms with E-state index in [0.717, 1.165) is 0 Å². The predicted octanol–water partition coefficient (Wildman–Crippen LogP) is 0.545. The van der Waals surface area contributed by atoms with Crippen LogP contribution in [-0.4, -0.2) is 22.3 Å². The molecule has 2 heteroatoms. The van der Waals surface area contributed by atoms with Gasteiger partial charge in [0, 0.05) is 0 Å². The van der Waals surface area contributed by atoms with Crippen molar-refractivity contribution in [3.63, 3.8) is 0 Å². The number of rotatable bonds is 1. The SMILES string of the molecule is NC([TeH])c1ccccc1. The maximum atomic E-state index is 5.64. The first-order valence-electron chi connectivity index (χ1n) is 2.79. The summed E-state index contributed by atoms with van der Waals surface area (Å²) in [5.74, 6) is 0. The molecule has 2 N–H and O–H groups in total. The van der Waals surface area contributed by atoms with Crippen LogP contribution in [0.5, 0.6) is 0 Å². The molecule has 0 bridgehead atoms. The molecule has 1 nitrogen and oxygen atoms in total. The quantitative estimate of drug-likeness (QED) is 0.706. The van der Waals surface area contributed by atoms with Crippen molar-refractivity contribution < 1.29 is 0 Å². The number of nitrogens with two attached hydrogens (primary N) is 1. The maximum absolute atomic E-state index is 5.64. The van der Waals surface area contributed by atoms with Gasteiger partial charge >= 0.3 is 68.0 Å². The molecule has 0 saturated carbocycles. The van der Waals surface area contributed by atoms with Gasteiger partial charge in [0.15, 0.2) is 0 Å². The van der Waals surface area contributed by atoms with E-state index in [4.69, 9.17) is 5.73 Å². The molecule has 1 unspecified atom stereocenters. The molecule has 1 atom stereocenters. The Bertz CT molecular complexity index is 172. The van der Waals surface area contributed by atoms with Gasteiger partial charge < -0.3 is 0 Å². The molecule has 0 heterocycles. The summed E-state index contributed by atoms with van der Waals surface area (Å²) < 4.78 is 0.209. The molecule has 0 aromatic heterocycles. The first-order chi connectivity index (χ1) is 4.30. The third-order valence-electron chi connectivity index (χ3n) is 1.14. The Kier molecular flexibility index (Phi) is 2.53. The van der Waals surface area contributed by atoms with E-state index >= 15 is 0 Å². The number of hydrogen-bond acceptors (Lipinski definition) is 1. The summed E-state index contributed by atoms with van der Waals surface area (Å²) in [4.78, 5) is 0. The van der Waals surface area contributed by atoms with E-state index in [1.165, 1.54) is 5.56 Å². The van der Waals surface area contributed by atoms with Gasteiger partial charge in [0.2, 0.25) is 0 Å². The average Bonchev–Trinajstić information content (AvgIpc) is 1.90. The van der Waals surface area contributed by atoms with Crippen molar-refractivity contribution in [3.05, 3.63) is 35.9 Å². The average molecular weight is 235 g/mol. The molecule has 0 aliphatic carbocycles. The molecule has 1 aromatic carbocycles. The van der Waals surface area contributed by atoms with Crippen LogP contribution in [0.2, 0.25) is 0 Å². The Hall–Kier alpha value is -0.0304. The van der Waals surface area contributed by atoms with Crippen molar-refractivity contribution in [1.29, 1.82) is 0 Å². The van der Waals surface area contributed by atoms with Crippen LogP contribution in [0.1, 0.15) is 9.65 Å². The van der Waals surface area contributed by atoms with E-state index < -0.39 is 0 Å². The second-order valence-electron chi connectivity index (χ2n) is 1.86. The van der Waals surface area contributed by atoms with Crippen molar-refractivity contribution in [3.8, 4) is 0 Å². The van der Waals surface area contributed by atoms with Gasteiger partial charge in [0.1, 0.15) is 0 Å². The molecule has 9 heavy (non-hydrogen) atoms. The van der Waals surface area contributed by atoms with E-state index in [9.17, 15) is 0 Å². The third kappa shape index (κ3) is 1.98. The van der Waals surface area contributed by atoms with E-state index in [2.05, 4.69) is 0 Å². The molecular weight excluding hydrogens is 226 g/mol. The number of benzene rings is 1. The fourth-order valence-electron chi connectivity index (χ4n) is 0.650. The minimum absolute atomic E-state index is 0.209. The van der Waals surface area contributed by atoms with Crippen LogP contribution in [0, 0.1) is 0 Å². The molecule has 1 aromatic rings. The molecule has 48 valence electrons. The van der Waals surface area contributed by atoms with Crippen molar-refractivity contribution >= 4 is 22.3 Å². The zero-order valence-corrected chi connectivity index (χ0v) is 7.54. The van der Waals surface area contributed by atoms with Gasteiger partial charge in [-0.25, -0.2) is 0 Å². The first kappa shape index (κ1) is 7.08. The molecule has 1 rings (SSSR count). The summed E-state index contributed by atoms with van der Waals surface area (Å²) in [6.45, 7) is 0. The third-order valence-corrected chi connectivity index (χ3v) is 1.99. The summed E-state index contributed by atoms with van der Waals surface area (Å²) in [6, 6.07) is 10.1. The van der Waals surface area contributed by atoms with Crippen LogP contribution in [0.4, 0.5) is 0 Å². The van der Waals surface area contributed by atoms with E-state index in [1.54, 1.807) is 22.3 Å². The molecule has 0 aliphatic heterocycles. The van der Waals surface area contributed by atoms with E-state index in [-0.39, 0.29) is 4.09 Å². The summed E-state index contributed by atoms with van der Waals surface area (Å²) in [6.07, 6.45) is 0. The second kappa shape index (κ2) is 3.22. The van der Waals surface area contributed by atoms with E-state index in [1.807, 2.05) is 30.3 Å². The van der Waals surface area contributed by atoms with Crippen molar-refractivity contribution in [1.82, 2.24) is 0 Å². The van der Waals surface area contributed by atoms with Crippen molar-refractivity contribution in [2.45, 2.75) is 4.09 Å². The van der Waals surface area contributed by atoms with Crippen molar-refractivity contribution in [2.24, 2.45) is 5.73 Å². The van der Waals surface area contributed by atoms with Gasteiger partial charge in [-0.15, -0.1) is 0 Å². The van der Waals surface area contributed by atoms with Gasteiger partial charge in [-0.2, -0.15) is 0 Å². The van der Waals surface area contributed by atoms with Crippen LogP contribution in [0.3, 0.4) is 0 Å². The van der Waals surface area contributed by atoms with Gasteiger partial charge in [-0.3, -0.25) is 0 Å². The molecule has 0 aliphatic rings. The Labute approximate surface area is 68.2 Å². The topological polar surface area (TPSA) is 26.0 Å². The van der Waals surface area contributed by atoms with Crippen LogP contribution >= 0.6 is 0 Å². The molecule has 0 radical (unpaired) electrons. The Morgan fingerprint density at radius 1 is 1.22 bits per heavy atom. The minimum atomic E-state index is 0.209. The van der Waals surface area contributed by atoms with Gasteiger partial charge in [0.05, 0.1) is 0 Å². The van der Waals surface area contributed by atoms with Crippen LogP contribution < -0.4 is 5.73 Å². The van der Waals surface area contributed by atoms with Gasteiger partial charge in [-0.1, -0.05) is 0 Å². The summed E-state index contributed by atoms with van der Waals surface area (Å²) in [7, 11) is 0. The monoisotopic (exact) mass is 237 g/mol. The van der Waals surface area contributed by atoms with Gasteiger partial charge in [0.25, 0.3) is 0 Å². The number of hydrogen-bond donors (Lipinski definition) is 1. The molecule has 0 fully saturated rings. The predicted molar refractivity (Wildman–Crippen MR) is 40.5 cm³/mol. The molecule has 0 spiro atoms. The first-order valence-corrected chi connectivity index (χ1v) is 4.26.